The number of para-hydroxylation sites is 4. The topological polar surface area (TPSA) is 185 Å². The van der Waals surface area contributed by atoms with Crippen molar-refractivity contribution in [3.63, 3.8) is 0 Å². The first-order valence-corrected chi connectivity index (χ1v) is 16.0. The minimum Gasteiger partial charge on any atom is -0.478 e. The first-order valence-electron chi connectivity index (χ1n) is 16.0. The van der Waals surface area contributed by atoms with Crippen molar-refractivity contribution in [2.45, 2.75) is 0 Å². The Bertz CT molecular complexity index is 2520. The standard InChI is InChI=1S/C20H16N2O4.C20H12N2O2.CH4O/c23-19(24)15-12-18(22-14-9-5-2-6-10-14)16(20(25)26)11-17(15)21-13-7-3-1-4-8-13;23-19-11-5-1-3-7-15(11)21-17-10-14-18(9-13(17)19)22-16-8-4-2-6-12(16)20(14)24;1-2/h1-12,21-22H,(H,23,24)(H,25,26);1-10H,(H,21,23)(H,22,24);2H,1H3. The lowest BCUT2D eigenvalue weighted by molar-refractivity contribution is 0.0683. The number of aliphatic hydroxyl groups is 1. The van der Waals surface area contributed by atoms with Gasteiger partial charge in [0, 0.05) is 51.1 Å². The maximum atomic E-state index is 12.8. The molecule has 0 unspecified atom stereocenters. The number of nitrogens with one attached hydrogen (secondary N) is 4. The van der Waals surface area contributed by atoms with Crippen molar-refractivity contribution in [3.8, 4) is 0 Å². The van der Waals surface area contributed by atoms with E-state index in [0.29, 0.717) is 44.0 Å². The zero-order chi connectivity index (χ0) is 36.8. The number of aromatic amines is 2. The number of fused-ring (bicyclic) bond motifs is 4. The molecule has 0 atom stereocenters. The van der Waals surface area contributed by atoms with Crippen LogP contribution in [0.25, 0.3) is 43.6 Å². The van der Waals surface area contributed by atoms with Crippen molar-refractivity contribution < 1.29 is 24.9 Å². The van der Waals surface area contributed by atoms with Gasteiger partial charge in [0.15, 0.2) is 10.9 Å². The molecule has 0 bridgehead atoms. The lowest BCUT2D eigenvalue weighted by atomic mass is 10.1. The molecule has 0 fully saturated rings. The largest absolute Gasteiger partial charge is 0.478 e. The molecule has 0 aliphatic heterocycles. The highest BCUT2D eigenvalue weighted by molar-refractivity contribution is 6.04. The zero-order valence-corrected chi connectivity index (χ0v) is 27.7. The molecule has 2 heterocycles. The number of pyridine rings is 2. The van der Waals surface area contributed by atoms with E-state index in [1.54, 1.807) is 72.8 Å². The molecule has 7 N–H and O–H groups in total. The smallest absolute Gasteiger partial charge is 0.337 e. The monoisotopic (exact) mass is 692 g/mol. The van der Waals surface area contributed by atoms with Gasteiger partial charge in [-0.05, 0) is 72.8 Å². The number of hydrogen-bond acceptors (Lipinski definition) is 7. The van der Waals surface area contributed by atoms with Gasteiger partial charge >= 0.3 is 11.9 Å². The molecule has 8 aromatic rings. The number of aliphatic hydroxyl groups excluding tert-OH is 1. The Hall–Kier alpha value is -7.24. The Labute approximate surface area is 295 Å². The fourth-order valence-electron chi connectivity index (χ4n) is 5.86. The van der Waals surface area contributed by atoms with Gasteiger partial charge in [-0.3, -0.25) is 9.59 Å². The van der Waals surface area contributed by atoms with Crippen molar-refractivity contribution in [2.75, 3.05) is 17.7 Å². The van der Waals surface area contributed by atoms with E-state index in [9.17, 15) is 29.4 Å². The Morgan fingerprint density at radius 3 is 1.17 bits per heavy atom. The predicted molar refractivity (Wildman–Crippen MR) is 206 cm³/mol. The van der Waals surface area contributed by atoms with Crippen molar-refractivity contribution in [2.24, 2.45) is 0 Å². The number of rotatable bonds is 6. The van der Waals surface area contributed by atoms with E-state index in [4.69, 9.17) is 5.11 Å². The molecule has 6 aromatic carbocycles. The van der Waals surface area contributed by atoms with Crippen LogP contribution in [0, 0.1) is 0 Å². The average Bonchev–Trinajstić information content (AvgIpc) is 3.17. The summed E-state index contributed by atoms with van der Waals surface area (Å²) >= 11 is 0. The fraction of sp³-hybridized carbons (Fsp3) is 0.0244. The first kappa shape index (κ1) is 34.6. The molecule has 258 valence electrons. The third-order valence-corrected chi connectivity index (χ3v) is 8.25. The summed E-state index contributed by atoms with van der Waals surface area (Å²) in [5, 5.41) is 34.5. The van der Waals surface area contributed by atoms with Crippen LogP contribution in [0.1, 0.15) is 20.7 Å². The number of carbonyl (C=O) groups is 2. The normalized spacial score (nSPS) is 10.6. The lowest BCUT2D eigenvalue weighted by Crippen LogP contribution is -2.09. The summed E-state index contributed by atoms with van der Waals surface area (Å²) in [4.78, 5) is 55.4. The van der Waals surface area contributed by atoms with Gasteiger partial charge in [0.1, 0.15) is 0 Å². The van der Waals surface area contributed by atoms with Gasteiger partial charge in [-0.2, -0.15) is 0 Å². The maximum Gasteiger partial charge on any atom is 0.337 e. The van der Waals surface area contributed by atoms with Crippen LogP contribution in [0.2, 0.25) is 0 Å². The summed E-state index contributed by atoms with van der Waals surface area (Å²) in [5.41, 5.74) is 4.50. The highest BCUT2D eigenvalue weighted by Crippen LogP contribution is 2.30. The Morgan fingerprint density at radius 2 is 0.808 bits per heavy atom. The van der Waals surface area contributed by atoms with Crippen LogP contribution >= 0.6 is 0 Å². The van der Waals surface area contributed by atoms with E-state index < -0.39 is 11.9 Å². The number of hydrogen-bond donors (Lipinski definition) is 7. The van der Waals surface area contributed by atoms with Crippen LogP contribution in [0.15, 0.2) is 143 Å². The number of carboxylic acids is 2. The van der Waals surface area contributed by atoms with E-state index in [2.05, 4.69) is 20.6 Å². The van der Waals surface area contributed by atoms with Gasteiger partial charge in [-0.1, -0.05) is 60.7 Å². The van der Waals surface area contributed by atoms with Crippen molar-refractivity contribution >= 4 is 78.3 Å². The van der Waals surface area contributed by atoms with E-state index in [-0.39, 0.29) is 33.4 Å². The van der Waals surface area contributed by atoms with Crippen LogP contribution in [0.3, 0.4) is 0 Å². The number of aromatic carboxylic acids is 2. The summed E-state index contributed by atoms with van der Waals surface area (Å²) in [6.07, 6.45) is 0. The molecule has 11 nitrogen and oxygen atoms in total. The van der Waals surface area contributed by atoms with Gasteiger partial charge in [0.2, 0.25) is 0 Å². The molecule has 0 saturated carbocycles. The van der Waals surface area contributed by atoms with E-state index in [0.717, 1.165) is 18.1 Å². The molecular formula is C41H32N4O7. The SMILES string of the molecule is CO.O=C(O)c1cc(Nc2ccccc2)c(C(=O)O)cc1Nc1ccccc1.O=c1c2ccccc2[nH]c2cc3c(=O)c4ccccc4[nH]c3cc12. The van der Waals surface area contributed by atoms with Gasteiger partial charge in [-0.25, -0.2) is 9.59 Å². The molecule has 52 heavy (non-hydrogen) atoms. The van der Waals surface area contributed by atoms with E-state index in [1.165, 1.54) is 12.1 Å². The predicted octanol–water partition coefficient (Wildman–Crippen LogP) is 7.85. The van der Waals surface area contributed by atoms with Crippen LogP contribution in [0.5, 0.6) is 0 Å². The third-order valence-electron chi connectivity index (χ3n) is 8.25. The van der Waals surface area contributed by atoms with Gasteiger partial charge < -0.3 is 35.9 Å². The number of anilines is 4. The van der Waals surface area contributed by atoms with Crippen molar-refractivity contribution in [3.05, 3.63) is 165 Å². The van der Waals surface area contributed by atoms with Gasteiger partial charge in [-0.15, -0.1) is 0 Å². The lowest BCUT2D eigenvalue weighted by Gasteiger charge is -2.15. The molecule has 0 aliphatic rings. The van der Waals surface area contributed by atoms with Crippen molar-refractivity contribution in [1.82, 2.24) is 9.97 Å². The van der Waals surface area contributed by atoms with Gasteiger partial charge in [0.25, 0.3) is 0 Å². The number of carboxylic acid groups (broad SMARTS) is 2. The summed E-state index contributed by atoms with van der Waals surface area (Å²) in [5.74, 6) is -2.31. The minimum atomic E-state index is -1.16. The molecule has 2 aromatic heterocycles. The summed E-state index contributed by atoms with van der Waals surface area (Å²) in [6.45, 7) is 0. The van der Waals surface area contributed by atoms with Crippen molar-refractivity contribution in [1.29, 1.82) is 0 Å². The maximum absolute atomic E-state index is 12.8. The second-order valence-corrected chi connectivity index (χ2v) is 11.5. The van der Waals surface area contributed by atoms with E-state index in [1.807, 2.05) is 48.5 Å². The zero-order valence-electron chi connectivity index (χ0n) is 27.7. The number of aromatic nitrogens is 2. The second kappa shape index (κ2) is 15.1. The number of benzene rings is 6. The third kappa shape index (κ3) is 7.06. The summed E-state index contributed by atoms with van der Waals surface area (Å²) < 4.78 is 0. The fourth-order valence-corrected chi connectivity index (χ4v) is 5.86. The molecule has 0 saturated heterocycles. The average molecular weight is 693 g/mol. The first-order chi connectivity index (χ1) is 25.3. The molecular weight excluding hydrogens is 660 g/mol. The molecule has 0 radical (unpaired) electrons. The Balaban J connectivity index is 0.000000171. The Morgan fingerprint density at radius 1 is 0.462 bits per heavy atom. The minimum absolute atomic E-state index is 0.0303. The second-order valence-electron chi connectivity index (χ2n) is 11.5. The Kier molecular flexibility index (Phi) is 10.1. The highest BCUT2D eigenvalue weighted by atomic mass is 16.4. The number of H-pyrrole nitrogens is 2. The highest BCUT2D eigenvalue weighted by Gasteiger charge is 2.19. The van der Waals surface area contributed by atoms with Crippen LogP contribution in [0.4, 0.5) is 22.7 Å². The molecule has 0 amide bonds. The molecule has 11 heteroatoms. The molecule has 8 rings (SSSR count). The summed E-state index contributed by atoms with van der Waals surface area (Å²) in [6, 6.07) is 38.9. The van der Waals surface area contributed by atoms with E-state index >= 15 is 0 Å². The molecule has 0 aliphatic carbocycles. The summed E-state index contributed by atoms with van der Waals surface area (Å²) in [7, 11) is 1.00. The van der Waals surface area contributed by atoms with Crippen LogP contribution in [-0.4, -0.2) is 44.3 Å². The molecule has 0 spiro atoms. The van der Waals surface area contributed by atoms with Crippen LogP contribution in [-0.2, 0) is 0 Å². The quantitative estimate of drug-likeness (QED) is 0.0853. The van der Waals surface area contributed by atoms with Gasteiger partial charge in [0.05, 0.1) is 33.5 Å². The van der Waals surface area contributed by atoms with Crippen LogP contribution < -0.4 is 21.5 Å².